The number of benzene rings is 1. The Morgan fingerprint density at radius 3 is 2.63 bits per heavy atom. The van der Waals surface area contributed by atoms with Gasteiger partial charge in [-0.25, -0.2) is 4.39 Å². The topological polar surface area (TPSA) is 12.5 Å². The number of ether oxygens (including phenoxy) is 1. The fourth-order valence-corrected chi connectivity index (χ4v) is 2.85. The third kappa shape index (κ3) is 3.83. The van der Waals surface area contributed by atoms with Gasteiger partial charge in [0, 0.05) is 23.6 Å². The van der Waals surface area contributed by atoms with Crippen molar-refractivity contribution in [2.24, 2.45) is 5.92 Å². The van der Waals surface area contributed by atoms with Gasteiger partial charge in [0.25, 0.3) is 0 Å². The van der Waals surface area contributed by atoms with Gasteiger partial charge in [-0.15, -0.1) is 11.6 Å². The summed E-state index contributed by atoms with van der Waals surface area (Å²) in [7, 11) is 1.55. The molecule has 1 saturated heterocycles. The van der Waals surface area contributed by atoms with Crippen LogP contribution in [-0.2, 0) is 6.54 Å². The minimum Gasteiger partial charge on any atom is -0.497 e. The van der Waals surface area contributed by atoms with E-state index < -0.39 is 0 Å². The third-order valence-electron chi connectivity index (χ3n) is 3.94. The van der Waals surface area contributed by atoms with Crippen molar-refractivity contribution >= 4 is 11.6 Å². The molecule has 1 heterocycles. The summed E-state index contributed by atoms with van der Waals surface area (Å²) in [6.07, 6.45) is 2.20. The summed E-state index contributed by atoms with van der Waals surface area (Å²) in [5.41, 5.74) is 0.734. The maximum atomic E-state index is 13.9. The van der Waals surface area contributed by atoms with E-state index in [1.807, 2.05) is 12.1 Å². The van der Waals surface area contributed by atoms with E-state index in [4.69, 9.17) is 16.3 Å². The number of nitrogens with zero attached hydrogens (tertiary/aromatic N) is 1. The smallest absolute Gasteiger partial charge is 0.131 e. The Hall–Kier alpha value is -0.800. The minimum atomic E-state index is -0.188. The van der Waals surface area contributed by atoms with Crippen LogP contribution in [0.15, 0.2) is 18.2 Å². The van der Waals surface area contributed by atoms with E-state index in [9.17, 15) is 4.39 Å². The molecule has 1 aliphatic rings. The highest BCUT2D eigenvalue weighted by Gasteiger charge is 2.23. The van der Waals surface area contributed by atoms with Gasteiger partial charge in [0.1, 0.15) is 11.6 Å². The van der Waals surface area contributed by atoms with Crippen LogP contribution in [0.2, 0.25) is 0 Å². The molecule has 0 amide bonds. The van der Waals surface area contributed by atoms with Crippen molar-refractivity contribution in [3.05, 3.63) is 29.6 Å². The summed E-state index contributed by atoms with van der Waals surface area (Å²) in [5.74, 6) is 0.974. The number of piperidine rings is 1. The summed E-state index contributed by atoms with van der Waals surface area (Å²) in [6, 6.07) is 5.07. The van der Waals surface area contributed by atoms with Gasteiger partial charge in [0.15, 0.2) is 0 Å². The highest BCUT2D eigenvalue weighted by molar-refractivity contribution is 6.20. The van der Waals surface area contributed by atoms with Crippen LogP contribution < -0.4 is 4.74 Å². The second-order valence-electron chi connectivity index (χ2n) is 5.25. The van der Waals surface area contributed by atoms with Crippen molar-refractivity contribution in [1.82, 2.24) is 4.90 Å². The number of halogens is 2. The quantitative estimate of drug-likeness (QED) is 0.783. The summed E-state index contributed by atoms with van der Waals surface area (Å²) in [4.78, 5) is 2.29. The number of hydrogen-bond donors (Lipinski definition) is 0. The van der Waals surface area contributed by atoms with Crippen LogP contribution in [-0.4, -0.2) is 30.5 Å². The number of hydrogen-bond acceptors (Lipinski definition) is 2. The monoisotopic (exact) mass is 285 g/mol. The van der Waals surface area contributed by atoms with E-state index >= 15 is 0 Å². The Bertz CT molecular complexity index is 417. The Morgan fingerprint density at radius 1 is 1.42 bits per heavy atom. The maximum absolute atomic E-state index is 13.9. The molecule has 0 saturated carbocycles. The van der Waals surface area contributed by atoms with E-state index in [0.29, 0.717) is 18.2 Å². The van der Waals surface area contributed by atoms with Gasteiger partial charge in [-0.2, -0.15) is 0 Å². The molecule has 0 aromatic heterocycles. The zero-order valence-corrected chi connectivity index (χ0v) is 12.3. The van der Waals surface area contributed by atoms with Crippen LogP contribution in [0.1, 0.15) is 25.3 Å². The molecule has 4 heteroatoms. The molecule has 19 heavy (non-hydrogen) atoms. The zero-order chi connectivity index (χ0) is 13.8. The number of likely N-dealkylation sites (tertiary alicyclic amines) is 1. The van der Waals surface area contributed by atoms with Crippen molar-refractivity contribution in [2.45, 2.75) is 31.7 Å². The SMILES string of the molecule is COc1ccc(CN2CCC(C(C)Cl)CC2)c(F)c1. The Morgan fingerprint density at radius 2 is 2.11 bits per heavy atom. The summed E-state index contributed by atoms with van der Waals surface area (Å²) < 4.78 is 18.9. The molecule has 1 aromatic carbocycles. The van der Waals surface area contributed by atoms with Gasteiger partial charge < -0.3 is 4.74 Å². The first-order valence-corrected chi connectivity index (χ1v) is 7.22. The van der Waals surface area contributed by atoms with Crippen LogP contribution in [0.25, 0.3) is 0 Å². The number of alkyl halides is 1. The zero-order valence-electron chi connectivity index (χ0n) is 11.5. The van der Waals surface area contributed by atoms with Crippen molar-refractivity contribution in [3.8, 4) is 5.75 Å². The van der Waals surface area contributed by atoms with E-state index in [0.717, 1.165) is 31.5 Å². The lowest BCUT2D eigenvalue weighted by molar-refractivity contribution is 0.175. The van der Waals surface area contributed by atoms with Crippen molar-refractivity contribution in [1.29, 1.82) is 0 Å². The molecule has 0 spiro atoms. The first-order chi connectivity index (χ1) is 9.10. The molecule has 0 bridgehead atoms. The third-order valence-corrected chi connectivity index (χ3v) is 4.29. The molecule has 2 nitrogen and oxygen atoms in total. The molecule has 1 atom stereocenters. The van der Waals surface area contributed by atoms with Crippen LogP contribution >= 0.6 is 11.6 Å². The molecular weight excluding hydrogens is 265 g/mol. The van der Waals surface area contributed by atoms with Crippen LogP contribution in [0, 0.1) is 11.7 Å². The van der Waals surface area contributed by atoms with Crippen molar-refractivity contribution in [3.63, 3.8) is 0 Å². The average molecular weight is 286 g/mol. The standard InChI is InChI=1S/C15H21ClFNO/c1-11(16)12-5-7-18(8-6-12)10-13-3-4-14(19-2)9-15(13)17/h3-4,9,11-12H,5-8,10H2,1-2H3. The second kappa shape index (κ2) is 6.58. The Labute approximate surface area is 119 Å². The molecule has 1 unspecified atom stereocenters. The van der Waals surface area contributed by atoms with E-state index in [2.05, 4.69) is 11.8 Å². The second-order valence-corrected chi connectivity index (χ2v) is 5.94. The average Bonchev–Trinajstić information content (AvgIpc) is 2.41. The fourth-order valence-electron chi connectivity index (χ4n) is 2.59. The largest absolute Gasteiger partial charge is 0.497 e. The van der Waals surface area contributed by atoms with Crippen molar-refractivity contribution in [2.75, 3.05) is 20.2 Å². The summed E-state index contributed by atoms with van der Waals surface area (Å²) in [6.45, 7) is 4.71. The number of rotatable bonds is 4. The van der Waals surface area contributed by atoms with Gasteiger partial charge in [-0.05, 0) is 44.8 Å². The molecule has 0 N–H and O–H groups in total. The van der Waals surface area contributed by atoms with E-state index in [1.54, 1.807) is 7.11 Å². The van der Waals surface area contributed by atoms with Crippen molar-refractivity contribution < 1.29 is 9.13 Å². The molecule has 0 radical (unpaired) electrons. The summed E-state index contributed by atoms with van der Waals surface area (Å²) >= 11 is 6.13. The predicted octanol–water partition coefficient (Wildman–Crippen LogP) is 3.67. The molecule has 1 fully saturated rings. The number of methoxy groups -OCH3 is 1. The van der Waals surface area contributed by atoms with Crippen LogP contribution in [0.4, 0.5) is 4.39 Å². The van der Waals surface area contributed by atoms with Crippen LogP contribution in [0.5, 0.6) is 5.75 Å². The van der Waals surface area contributed by atoms with E-state index in [1.165, 1.54) is 6.07 Å². The van der Waals surface area contributed by atoms with Gasteiger partial charge in [0.05, 0.1) is 7.11 Å². The lowest BCUT2D eigenvalue weighted by Gasteiger charge is -2.33. The normalized spacial score (nSPS) is 19.4. The van der Waals surface area contributed by atoms with Crippen LogP contribution in [0.3, 0.4) is 0 Å². The highest BCUT2D eigenvalue weighted by atomic mass is 35.5. The lowest BCUT2D eigenvalue weighted by Crippen LogP contribution is -2.35. The van der Waals surface area contributed by atoms with E-state index in [-0.39, 0.29) is 11.2 Å². The summed E-state index contributed by atoms with van der Waals surface area (Å²) in [5, 5.41) is 0.236. The molecular formula is C15H21ClFNO. The fraction of sp³-hybridized carbons (Fsp3) is 0.600. The van der Waals surface area contributed by atoms with Gasteiger partial charge >= 0.3 is 0 Å². The molecule has 1 aromatic rings. The van der Waals surface area contributed by atoms with Gasteiger partial charge in [-0.3, -0.25) is 4.90 Å². The Balaban J connectivity index is 1.92. The first kappa shape index (κ1) is 14.6. The first-order valence-electron chi connectivity index (χ1n) is 6.79. The minimum absolute atomic E-state index is 0.188. The molecule has 1 aliphatic heterocycles. The predicted molar refractivity (Wildman–Crippen MR) is 76.3 cm³/mol. The van der Waals surface area contributed by atoms with Gasteiger partial charge in [-0.1, -0.05) is 6.07 Å². The molecule has 106 valence electrons. The molecule has 0 aliphatic carbocycles. The highest BCUT2D eigenvalue weighted by Crippen LogP contribution is 2.25. The maximum Gasteiger partial charge on any atom is 0.131 e. The Kier molecular flexibility index (Phi) is 5.06. The molecule has 2 rings (SSSR count). The van der Waals surface area contributed by atoms with Gasteiger partial charge in [0.2, 0.25) is 0 Å². The lowest BCUT2D eigenvalue weighted by atomic mass is 9.94.